The van der Waals surface area contributed by atoms with Crippen LogP contribution in [0.3, 0.4) is 0 Å². The van der Waals surface area contributed by atoms with Gasteiger partial charge in [0, 0.05) is 0 Å². The quantitative estimate of drug-likeness (QED) is 0.0767. The SMILES string of the molecule is C[C@@H]1O[C@@H](O[C@@H]2[C@@H](O)[C@H](OC3CCC4(C)C(CCC5(C)C4CC=C4C6CC(C)(C)CCC6(C(=O)O[C@H]6OC[C@H](O)[C@H](O)[C@H]6O)[C@H](O)C[C@]45C)C3(C)C)O[C@H](CO)[C@H]2O[C@@H]2OC[C@@H](O)[C@H](O)[C@H]2O)[C@H](O)[C@H](O)[C@H]1O. The molecule has 0 aromatic heterocycles. The molecule has 27 atom stereocenters. The number of ether oxygens (including phenoxy) is 8. The second kappa shape index (κ2) is 20.0. The van der Waals surface area contributed by atoms with Crippen molar-refractivity contribution >= 4 is 5.97 Å². The molecule has 9 rings (SSSR count). The van der Waals surface area contributed by atoms with Crippen LogP contribution in [-0.4, -0.2) is 210 Å². The fourth-order valence-corrected chi connectivity index (χ4v) is 16.0. The minimum absolute atomic E-state index is 0.0757. The normalized spacial score (nSPS) is 54.7. The Hall–Kier alpha value is -1.55. The van der Waals surface area contributed by atoms with Gasteiger partial charge in [-0.1, -0.05) is 60.1 Å². The zero-order valence-electron chi connectivity index (χ0n) is 43.4. The summed E-state index contributed by atoms with van der Waals surface area (Å²) in [6.45, 7) is 15.6. The Labute approximate surface area is 426 Å². The molecule has 4 saturated carbocycles. The predicted molar refractivity (Wildman–Crippen MR) is 251 cm³/mol. The first-order chi connectivity index (χ1) is 34.1. The average Bonchev–Trinajstić information content (AvgIpc) is 3.32. The molecule has 418 valence electrons. The highest BCUT2D eigenvalue weighted by atomic mass is 16.8. The molecule has 4 saturated heterocycles. The van der Waals surface area contributed by atoms with Crippen LogP contribution in [0.2, 0.25) is 0 Å². The Kier molecular flexibility index (Phi) is 15.4. The summed E-state index contributed by atoms with van der Waals surface area (Å²) < 4.78 is 48.1. The summed E-state index contributed by atoms with van der Waals surface area (Å²) in [6, 6.07) is 0. The van der Waals surface area contributed by atoms with E-state index in [1.54, 1.807) is 0 Å². The minimum Gasteiger partial charge on any atom is -0.432 e. The lowest BCUT2D eigenvalue weighted by atomic mass is 9.33. The van der Waals surface area contributed by atoms with Crippen molar-refractivity contribution in [3.8, 4) is 0 Å². The van der Waals surface area contributed by atoms with Gasteiger partial charge in [0.25, 0.3) is 0 Å². The molecule has 0 amide bonds. The van der Waals surface area contributed by atoms with E-state index < -0.39 is 158 Å². The van der Waals surface area contributed by atoms with Crippen molar-refractivity contribution in [2.24, 2.45) is 50.2 Å². The van der Waals surface area contributed by atoms with Gasteiger partial charge in [0.05, 0.1) is 38.1 Å². The van der Waals surface area contributed by atoms with Crippen molar-refractivity contribution in [3.05, 3.63) is 11.6 Å². The lowest BCUT2D eigenvalue weighted by molar-refractivity contribution is -0.388. The average molecular weight is 1050 g/mol. The highest BCUT2D eigenvalue weighted by Crippen LogP contribution is 2.76. The van der Waals surface area contributed by atoms with Gasteiger partial charge in [-0.25, -0.2) is 0 Å². The maximum Gasteiger partial charge on any atom is 0.317 e. The molecule has 0 aromatic rings. The second-order valence-corrected chi connectivity index (χ2v) is 25.5. The first-order valence-electron chi connectivity index (χ1n) is 26.6. The van der Waals surface area contributed by atoms with E-state index in [0.717, 1.165) is 24.8 Å². The zero-order chi connectivity index (χ0) is 53.3. The Balaban J connectivity index is 0.968. The monoisotopic (exact) mass is 1040 g/mol. The molecule has 5 aliphatic carbocycles. The molecule has 21 nitrogen and oxygen atoms in total. The Morgan fingerprint density at radius 2 is 1.23 bits per heavy atom. The highest BCUT2D eigenvalue weighted by molar-refractivity contribution is 5.80. The number of fused-ring (bicyclic) bond motifs is 7. The third-order valence-electron chi connectivity index (χ3n) is 20.6. The van der Waals surface area contributed by atoms with Gasteiger partial charge in [0.15, 0.2) is 18.9 Å². The fraction of sp³-hybridized carbons (Fsp3) is 0.942. The molecule has 4 aliphatic heterocycles. The van der Waals surface area contributed by atoms with Gasteiger partial charge in [-0.05, 0) is 110 Å². The number of allylic oxidation sites excluding steroid dienone is 2. The molecule has 0 spiro atoms. The predicted octanol–water partition coefficient (Wildman–Crippen LogP) is -0.759. The first-order valence-corrected chi connectivity index (χ1v) is 26.6. The standard InChI is InChI=1S/C52H84O21/c1-22-32(57)35(60)38(63)44(68-22)72-41-39(64)45(69-27(19-53)40(41)71-42-36(61)33(58)25(54)20-66-42)70-31-12-13-49(6)28(48(31,4)5)11-14-50(7)29(49)10-9-23-24-17-47(2,3)15-16-52(24,30(56)18-51(23,50)8)46(65)73-43-37(62)34(59)26(55)21-67-43/h9,22,24-45,53-64H,10-21H2,1-8H3/t22-,24?,25+,26-,27+,28?,29?,30+,31?,32-,33-,34-,35+,36+,37+,38+,39+,40+,41+,42-,43+,44-,45-,49?,50?,51+,52?/m0/s1. The minimum atomic E-state index is -1.79. The summed E-state index contributed by atoms with van der Waals surface area (Å²) in [5.41, 5.74) is -2.02. The third kappa shape index (κ3) is 9.01. The molecule has 4 heterocycles. The summed E-state index contributed by atoms with van der Waals surface area (Å²) in [5, 5.41) is 130. The van der Waals surface area contributed by atoms with Crippen LogP contribution in [-0.2, 0) is 42.7 Å². The number of esters is 1. The van der Waals surface area contributed by atoms with E-state index in [2.05, 4.69) is 54.5 Å². The molecule has 0 bridgehead atoms. The molecule has 12 N–H and O–H groups in total. The Bertz CT molecular complexity index is 2020. The van der Waals surface area contributed by atoms with Crippen LogP contribution in [0, 0.1) is 50.2 Å². The maximum atomic E-state index is 14.7. The van der Waals surface area contributed by atoms with Crippen LogP contribution in [0.5, 0.6) is 0 Å². The van der Waals surface area contributed by atoms with Crippen molar-refractivity contribution in [2.75, 3.05) is 19.8 Å². The molecular weight excluding hydrogens is 961 g/mol. The summed E-state index contributed by atoms with van der Waals surface area (Å²) in [5.74, 6) is -0.849. The van der Waals surface area contributed by atoms with Gasteiger partial charge in [-0.15, -0.1) is 0 Å². The van der Waals surface area contributed by atoms with E-state index in [0.29, 0.717) is 38.5 Å². The third-order valence-corrected chi connectivity index (χ3v) is 20.6. The number of hydrogen-bond acceptors (Lipinski definition) is 21. The van der Waals surface area contributed by atoms with Gasteiger partial charge in [0.2, 0.25) is 6.29 Å². The van der Waals surface area contributed by atoms with Gasteiger partial charge >= 0.3 is 5.97 Å². The van der Waals surface area contributed by atoms with Crippen molar-refractivity contribution < 1.29 is 104 Å². The Morgan fingerprint density at radius 1 is 0.630 bits per heavy atom. The van der Waals surface area contributed by atoms with Crippen molar-refractivity contribution in [2.45, 2.75) is 236 Å². The van der Waals surface area contributed by atoms with Crippen molar-refractivity contribution in [1.29, 1.82) is 0 Å². The Morgan fingerprint density at radius 3 is 1.89 bits per heavy atom. The van der Waals surface area contributed by atoms with E-state index in [-0.39, 0.29) is 40.6 Å². The number of carbonyl (C=O) groups is 1. The van der Waals surface area contributed by atoms with Crippen LogP contribution in [0.15, 0.2) is 11.6 Å². The summed E-state index contributed by atoms with van der Waals surface area (Å²) in [6.07, 6.45) is -21.5. The van der Waals surface area contributed by atoms with Crippen LogP contribution >= 0.6 is 0 Å². The number of carbonyl (C=O) groups excluding carboxylic acids is 1. The van der Waals surface area contributed by atoms with E-state index in [4.69, 9.17) is 37.9 Å². The molecule has 7 unspecified atom stereocenters. The largest absolute Gasteiger partial charge is 0.432 e. The molecule has 73 heavy (non-hydrogen) atoms. The van der Waals surface area contributed by atoms with Crippen molar-refractivity contribution in [1.82, 2.24) is 0 Å². The fourth-order valence-electron chi connectivity index (χ4n) is 16.0. The number of rotatable bonds is 9. The van der Waals surface area contributed by atoms with E-state index in [9.17, 15) is 66.1 Å². The lowest BCUT2D eigenvalue weighted by Gasteiger charge is -2.71. The zero-order valence-corrected chi connectivity index (χ0v) is 43.4. The van der Waals surface area contributed by atoms with Crippen LogP contribution in [0.1, 0.15) is 113 Å². The highest BCUT2D eigenvalue weighted by Gasteiger charge is 2.72. The maximum absolute atomic E-state index is 14.7. The van der Waals surface area contributed by atoms with E-state index in [1.807, 2.05) is 0 Å². The second-order valence-electron chi connectivity index (χ2n) is 25.5. The van der Waals surface area contributed by atoms with Crippen LogP contribution in [0.25, 0.3) is 0 Å². The topological polar surface area (TPSA) is 334 Å². The van der Waals surface area contributed by atoms with E-state index in [1.165, 1.54) is 6.92 Å². The molecule has 21 heteroatoms. The van der Waals surface area contributed by atoms with Crippen LogP contribution in [0.4, 0.5) is 0 Å². The van der Waals surface area contributed by atoms with Crippen LogP contribution < -0.4 is 0 Å². The molecule has 8 fully saturated rings. The summed E-state index contributed by atoms with van der Waals surface area (Å²) in [4.78, 5) is 14.7. The number of hydrogen-bond donors (Lipinski definition) is 12. The summed E-state index contributed by atoms with van der Waals surface area (Å²) in [7, 11) is 0. The first kappa shape index (κ1) is 56.2. The van der Waals surface area contributed by atoms with Gasteiger partial charge in [-0.3, -0.25) is 4.79 Å². The number of aliphatic hydroxyl groups is 12. The van der Waals surface area contributed by atoms with Gasteiger partial charge < -0.3 is 99.2 Å². The molecular formula is C52H84O21. The van der Waals surface area contributed by atoms with Crippen molar-refractivity contribution in [3.63, 3.8) is 0 Å². The lowest BCUT2D eigenvalue weighted by Crippen LogP contribution is -2.68. The van der Waals surface area contributed by atoms with E-state index >= 15 is 0 Å². The number of aliphatic hydroxyl groups excluding tert-OH is 12. The molecule has 0 radical (unpaired) electrons. The molecule has 0 aromatic carbocycles. The van der Waals surface area contributed by atoms with Gasteiger partial charge in [-0.2, -0.15) is 0 Å². The van der Waals surface area contributed by atoms with Gasteiger partial charge in [0.1, 0.15) is 84.8 Å². The summed E-state index contributed by atoms with van der Waals surface area (Å²) >= 11 is 0. The smallest absolute Gasteiger partial charge is 0.317 e. The molecule has 9 aliphatic rings.